The summed E-state index contributed by atoms with van der Waals surface area (Å²) in [5.41, 5.74) is 2.25. The minimum absolute atomic E-state index is 0.504. The molecule has 1 aromatic carbocycles. The number of benzene rings is 1. The molecular formula is C11H11NO. The van der Waals surface area contributed by atoms with Crippen molar-refractivity contribution in [1.82, 2.24) is 0 Å². The van der Waals surface area contributed by atoms with Gasteiger partial charge in [0.15, 0.2) is 0 Å². The Morgan fingerprint density at radius 1 is 1.54 bits per heavy atom. The molecule has 0 saturated heterocycles. The van der Waals surface area contributed by atoms with Crippen molar-refractivity contribution in [3.05, 3.63) is 42.0 Å². The number of isocyanates is 1. The average Bonchev–Trinajstić information content (AvgIpc) is 2.19. The highest BCUT2D eigenvalue weighted by Gasteiger charge is 1.92. The molecule has 1 rings (SSSR count). The fourth-order valence-corrected chi connectivity index (χ4v) is 1.11. The Bertz CT molecular complexity index is 338. The summed E-state index contributed by atoms with van der Waals surface area (Å²) in [4.78, 5) is 13.3. The lowest BCUT2D eigenvalue weighted by molar-refractivity contribution is 0.563. The van der Waals surface area contributed by atoms with Crippen molar-refractivity contribution >= 4 is 12.2 Å². The predicted octanol–water partition coefficient (Wildman–Crippen LogP) is 2.21. The first kappa shape index (κ1) is 9.43. The van der Waals surface area contributed by atoms with E-state index < -0.39 is 0 Å². The molecule has 0 amide bonds. The minimum atomic E-state index is 0.504. The van der Waals surface area contributed by atoms with Crippen molar-refractivity contribution in [2.45, 2.75) is 6.42 Å². The van der Waals surface area contributed by atoms with Gasteiger partial charge >= 0.3 is 0 Å². The number of aliphatic imine (C=N–C) groups is 1. The van der Waals surface area contributed by atoms with Crippen molar-refractivity contribution in [3.8, 4) is 0 Å². The molecule has 0 unspecified atom stereocenters. The van der Waals surface area contributed by atoms with Gasteiger partial charge < -0.3 is 0 Å². The largest absolute Gasteiger partial charge is 0.234 e. The monoisotopic (exact) mass is 173 g/mol. The topological polar surface area (TPSA) is 29.4 Å². The molecule has 0 bridgehead atoms. The van der Waals surface area contributed by atoms with Crippen LogP contribution in [0.1, 0.15) is 11.1 Å². The third-order valence-corrected chi connectivity index (χ3v) is 1.76. The van der Waals surface area contributed by atoms with E-state index in [1.54, 1.807) is 6.08 Å². The lowest BCUT2D eigenvalue weighted by atomic mass is 10.1. The molecule has 0 radical (unpaired) electrons. The molecule has 0 aromatic heterocycles. The third kappa shape index (κ3) is 3.06. The molecular weight excluding hydrogens is 162 g/mol. The fourth-order valence-electron chi connectivity index (χ4n) is 1.11. The summed E-state index contributed by atoms with van der Waals surface area (Å²) >= 11 is 0. The van der Waals surface area contributed by atoms with Crippen LogP contribution in [0.25, 0.3) is 6.08 Å². The SMILES string of the molecule is C=Cc1cccc(CCN=C=O)c1. The van der Waals surface area contributed by atoms with Gasteiger partial charge in [0.05, 0.1) is 6.54 Å². The van der Waals surface area contributed by atoms with Crippen LogP contribution in [0.3, 0.4) is 0 Å². The molecule has 0 atom stereocenters. The van der Waals surface area contributed by atoms with Gasteiger partial charge in [-0.3, -0.25) is 0 Å². The summed E-state index contributed by atoms with van der Waals surface area (Å²) in [5.74, 6) is 0. The van der Waals surface area contributed by atoms with Gasteiger partial charge in [0.1, 0.15) is 0 Å². The lowest BCUT2D eigenvalue weighted by Gasteiger charge is -1.98. The molecule has 0 aliphatic rings. The summed E-state index contributed by atoms with van der Waals surface area (Å²) in [6, 6.07) is 8.00. The number of rotatable bonds is 4. The molecule has 2 nitrogen and oxygen atoms in total. The zero-order valence-corrected chi connectivity index (χ0v) is 7.36. The maximum absolute atomic E-state index is 9.81. The van der Waals surface area contributed by atoms with Crippen LogP contribution >= 0.6 is 0 Å². The van der Waals surface area contributed by atoms with Crippen LogP contribution in [0.2, 0.25) is 0 Å². The first-order chi connectivity index (χ1) is 6.36. The van der Waals surface area contributed by atoms with Crippen LogP contribution < -0.4 is 0 Å². The zero-order chi connectivity index (χ0) is 9.52. The van der Waals surface area contributed by atoms with Crippen molar-refractivity contribution in [2.75, 3.05) is 6.54 Å². The molecule has 0 N–H and O–H groups in total. The molecule has 66 valence electrons. The molecule has 1 aromatic rings. The van der Waals surface area contributed by atoms with Gasteiger partial charge in [-0.25, -0.2) is 9.79 Å². The van der Waals surface area contributed by atoms with E-state index in [-0.39, 0.29) is 0 Å². The molecule has 0 aliphatic carbocycles. The highest BCUT2D eigenvalue weighted by Crippen LogP contribution is 2.06. The Morgan fingerprint density at radius 2 is 2.38 bits per heavy atom. The molecule has 0 heterocycles. The smallest absolute Gasteiger partial charge is 0.211 e. The summed E-state index contributed by atoms with van der Waals surface area (Å²) in [6.07, 6.45) is 4.09. The maximum Gasteiger partial charge on any atom is 0.234 e. The van der Waals surface area contributed by atoms with Gasteiger partial charge in [0.25, 0.3) is 0 Å². The number of hydrogen-bond donors (Lipinski definition) is 0. The van der Waals surface area contributed by atoms with Crippen molar-refractivity contribution in [2.24, 2.45) is 4.99 Å². The minimum Gasteiger partial charge on any atom is -0.211 e. The van der Waals surface area contributed by atoms with Gasteiger partial charge in [-0.05, 0) is 17.5 Å². The van der Waals surface area contributed by atoms with Gasteiger partial charge in [-0.2, -0.15) is 0 Å². The van der Waals surface area contributed by atoms with Crippen LogP contribution in [0.15, 0.2) is 35.8 Å². The normalized spacial score (nSPS) is 8.92. The van der Waals surface area contributed by atoms with E-state index in [0.717, 1.165) is 17.5 Å². The highest BCUT2D eigenvalue weighted by molar-refractivity contribution is 5.47. The third-order valence-electron chi connectivity index (χ3n) is 1.76. The second-order valence-corrected chi connectivity index (χ2v) is 2.67. The number of carbonyl (C=O) groups excluding carboxylic acids is 1. The van der Waals surface area contributed by atoms with Gasteiger partial charge in [-0.1, -0.05) is 36.9 Å². The molecule has 0 spiro atoms. The second-order valence-electron chi connectivity index (χ2n) is 2.67. The molecule has 0 fully saturated rings. The van der Waals surface area contributed by atoms with Crippen LogP contribution in [-0.4, -0.2) is 12.6 Å². The Balaban J connectivity index is 2.65. The van der Waals surface area contributed by atoms with E-state index in [4.69, 9.17) is 0 Å². The number of nitrogens with zero attached hydrogens (tertiary/aromatic N) is 1. The second kappa shape index (κ2) is 5.07. The Morgan fingerprint density at radius 3 is 3.08 bits per heavy atom. The van der Waals surface area contributed by atoms with Crippen molar-refractivity contribution in [1.29, 1.82) is 0 Å². The van der Waals surface area contributed by atoms with Crippen LogP contribution in [0.4, 0.5) is 0 Å². The van der Waals surface area contributed by atoms with E-state index in [1.165, 1.54) is 6.08 Å². The first-order valence-electron chi connectivity index (χ1n) is 4.12. The summed E-state index contributed by atoms with van der Waals surface area (Å²) < 4.78 is 0. The molecule has 13 heavy (non-hydrogen) atoms. The van der Waals surface area contributed by atoms with Gasteiger partial charge in [0, 0.05) is 0 Å². The van der Waals surface area contributed by atoms with E-state index >= 15 is 0 Å². The first-order valence-corrected chi connectivity index (χ1v) is 4.12. The van der Waals surface area contributed by atoms with Gasteiger partial charge in [-0.15, -0.1) is 0 Å². The predicted molar refractivity (Wildman–Crippen MR) is 53.2 cm³/mol. The van der Waals surface area contributed by atoms with Crippen LogP contribution in [-0.2, 0) is 11.2 Å². The van der Waals surface area contributed by atoms with Crippen LogP contribution in [0.5, 0.6) is 0 Å². The number of hydrogen-bond acceptors (Lipinski definition) is 2. The van der Waals surface area contributed by atoms with E-state index in [0.29, 0.717) is 6.54 Å². The summed E-state index contributed by atoms with van der Waals surface area (Å²) in [7, 11) is 0. The highest BCUT2D eigenvalue weighted by atomic mass is 16.1. The van der Waals surface area contributed by atoms with Crippen molar-refractivity contribution in [3.63, 3.8) is 0 Å². The van der Waals surface area contributed by atoms with E-state index in [9.17, 15) is 4.79 Å². The Labute approximate surface area is 77.6 Å². The lowest BCUT2D eigenvalue weighted by Crippen LogP contribution is -1.89. The standard InChI is InChI=1S/C11H11NO/c1-2-10-4-3-5-11(8-10)6-7-12-9-13/h2-5,8H,1,6-7H2. The zero-order valence-electron chi connectivity index (χ0n) is 7.36. The van der Waals surface area contributed by atoms with Crippen molar-refractivity contribution < 1.29 is 4.79 Å². The fraction of sp³-hybridized carbons (Fsp3) is 0.182. The Hall–Kier alpha value is -1.66. The van der Waals surface area contributed by atoms with Gasteiger partial charge in [0.2, 0.25) is 6.08 Å². The summed E-state index contributed by atoms with van der Waals surface area (Å²) in [6.45, 7) is 4.19. The van der Waals surface area contributed by atoms with E-state index in [1.807, 2.05) is 24.3 Å². The van der Waals surface area contributed by atoms with E-state index in [2.05, 4.69) is 11.6 Å². The summed E-state index contributed by atoms with van der Waals surface area (Å²) in [5, 5.41) is 0. The molecule has 0 aliphatic heterocycles. The molecule has 0 saturated carbocycles. The maximum atomic E-state index is 9.81. The average molecular weight is 173 g/mol. The quantitative estimate of drug-likeness (QED) is 0.507. The molecule has 2 heteroatoms. The Kier molecular flexibility index (Phi) is 3.68. The van der Waals surface area contributed by atoms with Crippen LogP contribution in [0, 0.1) is 0 Å².